The molecular formula is C24H38O. The van der Waals surface area contributed by atoms with Crippen molar-refractivity contribution in [2.45, 2.75) is 86.0 Å². The summed E-state index contributed by atoms with van der Waals surface area (Å²) in [5.41, 5.74) is 6.25. The van der Waals surface area contributed by atoms with E-state index in [2.05, 4.69) is 66.3 Å². The second-order valence-electron chi connectivity index (χ2n) is 10.1. The zero-order valence-corrected chi connectivity index (χ0v) is 17.3. The molecule has 0 aromatic heterocycles. The fraction of sp³-hybridized carbons (Fsp3) is 0.667. The van der Waals surface area contributed by atoms with Crippen molar-refractivity contribution in [3.8, 4) is 0 Å². The van der Waals surface area contributed by atoms with Crippen molar-refractivity contribution in [2.75, 3.05) is 0 Å². The van der Waals surface area contributed by atoms with Gasteiger partial charge in [-0.2, -0.15) is 0 Å². The van der Waals surface area contributed by atoms with Crippen molar-refractivity contribution in [1.82, 2.24) is 0 Å². The van der Waals surface area contributed by atoms with E-state index in [1.54, 1.807) is 16.7 Å². The van der Waals surface area contributed by atoms with E-state index in [-0.39, 0.29) is 0 Å². The summed E-state index contributed by atoms with van der Waals surface area (Å²) >= 11 is 0. The summed E-state index contributed by atoms with van der Waals surface area (Å²) in [7, 11) is 0. The lowest BCUT2D eigenvalue weighted by atomic mass is 9.70. The van der Waals surface area contributed by atoms with E-state index >= 15 is 0 Å². The molecule has 0 spiro atoms. The van der Waals surface area contributed by atoms with Crippen molar-refractivity contribution in [3.63, 3.8) is 0 Å². The van der Waals surface area contributed by atoms with Gasteiger partial charge in [0.05, 0.1) is 6.26 Å². The van der Waals surface area contributed by atoms with Gasteiger partial charge in [0.25, 0.3) is 0 Å². The third-order valence-electron chi connectivity index (χ3n) is 6.53. The summed E-state index contributed by atoms with van der Waals surface area (Å²) in [5, 5.41) is 7.33. The highest BCUT2D eigenvalue weighted by atomic mass is 16.2. The molecule has 1 aromatic rings. The molecule has 2 aliphatic carbocycles. The molecule has 2 atom stereocenters. The summed E-state index contributed by atoms with van der Waals surface area (Å²) in [6.07, 6.45) is 8.82. The van der Waals surface area contributed by atoms with Crippen LogP contribution in [-0.2, 0) is 12.8 Å². The van der Waals surface area contributed by atoms with E-state index in [9.17, 15) is 0 Å². The Labute approximate surface area is 155 Å². The summed E-state index contributed by atoms with van der Waals surface area (Å²) < 4.78 is 0. The highest BCUT2D eigenvalue weighted by molar-refractivity contribution is 5.37. The molecule has 1 nitrogen and oxygen atoms in total. The summed E-state index contributed by atoms with van der Waals surface area (Å²) in [4.78, 5) is 0. The number of aryl methyl sites for hydroxylation is 2. The fourth-order valence-electron chi connectivity index (χ4n) is 5.23. The number of rotatable bonds is 3. The van der Waals surface area contributed by atoms with Gasteiger partial charge in [-0.05, 0) is 77.4 Å². The van der Waals surface area contributed by atoms with Crippen LogP contribution in [0.4, 0.5) is 0 Å². The number of hydrogen-bond donors (Lipinski definition) is 1. The molecule has 140 valence electrons. The van der Waals surface area contributed by atoms with Crippen LogP contribution in [0.25, 0.3) is 0 Å². The van der Waals surface area contributed by atoms with Gasteiger partial charge in [0.2, 0.25) is 0 Å². The monoisotopic (exact) mass is 342 g/mol. The Balaban J connectivity index is 0.000000701. The Morgan fingerprint density at radius 3 is 2.16 bits per heavy atom. The van der Waals surface area contributed by atoms with Crippen LogP contribution in [0.5, 0.6) is 0 Å². The number of aliphatic hydroxyl groups is 1. The predicted molar refractivity (Wildman–Crippen MR) is 109 cm³/mol. The fourth-order valence-corrected chi connectivity index (χ4v) is 5.23. The minimum atomic E-state index is 0.413. The van der Waals surface area contributed by atoms with E-state index < -0.39 is 0 Å². The molecule has 0 bridgehead atoms. The van der Waals surface area contributed by atoms with E-state index in [0.717, 1.165) is 6.26 Å². The largest absolute Gasteiger partial charge is 0.516 e. The van der Waals surface area contributed by atoms with Gasteiger partial charge in [-0.15, -0.1) is 0 Å². The lowest BCUT2D eigenvalue weighted by molar-refractivity contribution is 0.205. The molecule has 1 N–H and O–H groups in total. The van der Waals surface area contributed by atoms with Crippen molar-refractivity contribution >= 4 is 0 Å². The van der Waals surface area contributed by atoms with E-state index in [1.165, 1.54) is 38.5 Å². The maximum absolute atomic E-state index is 7.33. The van der Waals surface area contributed by atoms with Crippen LogP contribution in [0.1, 0.15) is 89.8 Å². The zero-order chi connectivity index (χ0) is 18.9. The van der Waals surface area contributed by atoms with Crippen LogP contribution < -0.4 is 0 Å². The van der Waals surface area contributed by atoms with E-state index in [4.69, 9.17) is 5.11 Å². The molecule has 3 rings (SSSR count). The molecule has 25 heavy (non-hydrogen) atoms. The van der Waals surface area contributed by atoms with Gasteiger partial charge in [-0.1, -0.05) is 66.3 Å². The van der Waals surface area contributed by atoms with Gasteiger partial charge in [0, 0.05) is 0 Å². The first-order valence-electron chi connectivity index (χ1n) is 9.93. The molecule has 2 aliphatic rings. The first kappa shape index (κ1) is 20.1. The van der Waals surface area contributed by atoms with Crippen molar-refractivity contribution in [3.05, 3.63) is 47.7 Å². The summed E-state index contributed by atoms with van der Waals surface area (Å²) in [6.45, 7) is 17.6. The summed E-state index contributed by atoms with van der Waals surface area (Å²) in [6, 6.07) is 7.42. The molecule has 0 aliphatic heterocycles. The SMILES string of the molecule is C=CO.CC(c1ccc2c(c1)CCCC2)C1(CC(C)(C)C)CC1(C)C. The number of benzene rings is 1. The van der Waals surface area contributed by atoms with Crippen LogP contribution in [0.2, 0.25) is 0 Å². The smallest absolute Gasteiger partial charge is 0.0719 e. The quantitative estimate of drug-likeness (QED) is 0.575. The van der Waals surface area contributed by atoms with Gasteiger partial charge < -0.3 is 5.11 Å². The van der Waals surface area contributed by atoms with E-state index in [0.29, 0.717) is 22.2 Å². The standard InChI is InChI=1S/C22H34.C2H4O/c1-16(22(14-20(2,3)4)15-21(22,5)6)18-12-11-17-9-7-8-10-19(17)13-18;1-2-3/h11-13,16H,7-10,14-15H2,1-6H3;2-3H,1H2. The molecule has 1 fully saturated rings. The molecule has 1 saturated carbocycles. The molecular weight excluding hydrogens is 304 g/mol. The van der Waals surface area contributed by atoms with Crippen LogP contribution in [0.15, 0.2) is 31.0 Å². The molecule has 1 aromatic carbocycles. The van der Waals surface area contributed by atoms with Gasteiger partial charge in [0.1, 0.15) is 0 Å². The first-order chi connectivity index (χ1) is 11.6. The second kappa shape index (κ2) is 7.17. The molecule has 0 radical (unpaired) electrons. The van der Waals surface area contributed by atoms with Crippen molar-refractivity contribution in [2.24, 2.45) is 16.2 Å². The predicted octanol–water partition coefficient (Wildman–Crippen LogP) is 7.21. The number of hydrogen-bond acceptors (Lipinski definition) is 1. The van der Waals surface area contributed by atoms with Crippen LogP contribution in [0, 0.1) is 16.2 Å². The molecule has 0 amide bonds. The van der Waals surface area contributed by atoms with Crippen molar-refractivity contribution < 1.29 is 5.11 Å². The van der Waals surface area contributed by atoms with Crippen LogP contribution in [0.3, 0.4) is 0 Å². The average Bonchev–Trinajstić information content (AvgIpc) is 3.06. The molecule has 0 heterocycles. The Morgan fingerprint density at radius 1 is 1.16 bits per heavy atom. The lowest BCUT2D eigenvalue weighted by Gasteiger charge is -2.34. The lowest BCUT2D eigenvalue weighted by Crippen LogP contribution is -2.24. The third-order valence-corrected chi connectivity index (χ3v) is 6.53. The highest BCUT2D eigenvalue weighted by Gasteiger charge is 2.64. The Kier molecular flexibility index (Phi) is 5.76. The van der Waals surface area contributed by atoms with E-state index in [1.807, 2.05) is 0 Å². The topological polar surface area (TPSA) is 20.2 Å². The van der Waals surface area contributed by atoms with Crippen LogP contribution >= 0.6 is 0 Å². The van der Waals surface area contributed by atoms with Crippen LogP contribution in [-0.4, -0.2) is 5.11 Å². The van der Waals surface area contributed by atoms with Crippen molar-refractivity contribution in [1.29, 1.82) is 0 Å². The Bertz CT molecular complexity index is 605. The van der Waals surface area contributed by atoms with Gasteiger partial charge in [-0.25, -0.2) is 0 Å². The first-order valence-corrected chi connectivity index (χ1v) is 9.93. The molecule has 0 saturated heterocycles. The highest BCUT2D eigenvalue weighted by Crippen LogP contribution is 2.73. The zero-order valence-electron chi connectivity index (χ0n) is 17.3. The van der Waals surface area contributed by atoms with Gasteiger partial charge >= 0.3 is 0 Å². The maximum Gasteiger partial charge on any atom is 0.0719 e. The third kappa shape index (κ3) is 4.30. The Morgan fingerprint density at radius 2 is 1.68 bits per heavy atom. The van der Waals surface area contributed by atoms with Gasteiger partial charge in [-0.3, -0.25) is 0 Å². The molecule has 2 unspecified atom stereocenters. The minimum Gasteiger partial charge on any atom is -0.516 e. The minimum absolute atomic E-state index is 0.413. The number of aliphatic hydroxyl groups excluding tert-OH is 1. The Hall–Kier alpha value is -1.24. The van der Waals surface area contributed by atoms with Gasteiger partial charge in [0.15, 0.2) is 0 Å². The number of fused-ring (bicyclic) bond motifs is 1. The molecule has 1 heteroatoms. The normalized spacial score (nSPS) is 25.2. The maximum atomic E-state index is 7.33. The second-order valence-corrected chi connectivity index (χ2v) is 10.1. The summed E-state index contributed by atoms with van der Waals surface area (Å²) in [5.74, 6) is 0.675. The average molecular weight is 343 g/mol.